The van der Waals surface area contributed by atoms with Gasteiger partial charge in [0.2, 0.25) is 5.03 Å². The summed E-state index contributed by atoms with van der Waals surface area (Å²) in [6.07, 6.45) is 0.990. The second-order valence-electron chi connectivity index (χ2n) is 5.24. The van der Waals surface area contributed by atoms with Gasteiger partial charge in [-0.2, -0.15) is 4.31 Å². The highest BCUT2D eigenvalue weighted by Crippen LogP contribution is 2.27. The Labute approximate surface area is 126 Å². The molecular weight excluding hydrogens is 351 g/mol. The van der Waals surface area contributed by atoms with Crippen LogP contribution in [0.4, 0.5) is 4.39 Å². The lowest BCUT2D eigenvalue weighted by molar-refractivity contribution is -0.107. The molecule has 1 atom stereocenters. The van der Waals surface area contributed by atoms with Gasteiger partial charge in [-0.3, -0.25) is 0 Å². The minimum atomic E-state index is -3.96. The fourth-order valence-corrected chi connectivity index (χ4v) is 4.12. The molecule has 20 heavy (non-hydrogen) atoms. The van der Waals surface area contributed by atoms with Gasteiger partial charge >= 0.3 is 0 Å². The zero-order valence-corrected chi connectivity index (χ0v) is 13.6. The Morgan fingerprint density at radius 1 is 1.60 bits per heavy atom. The fraction of sp³-hybridized carbons (Fsp3) is 0.583. The molecule has 2 rings (SSSR count). The minimum absolute atomic E-state index is 0.162. The summed E-state index contributed by atoms with van der Waals surface area (Å²) in [6, 6.07) is 2.45. The molecule has 1 aliphatic heterocycles. The lowest BCUT2D eigenvalue weighted by atomic mass is 10.1. The van der Waals surface area contributed by atoms with E-state index in [1.54, 1.807) is 13.8 Å². The highest BCUT2D eigenvalue weighted by molar-refractivity contribution is 9.09. The van der Waals surface area contributed by atoms with Crippen molar-refractivity contribution in [2.75, 3.05) is 18.4 Å². The molecule has 1 unspecified atom stereocenters. The lowest BCUT2D eigenvalue weighted by Gasteiger charge is -2.41. The van der Waals surface area contributed by atoms with E-state index in [2.05, 4.69) is 20.9 Å². The third-order valence-electron chi connectivity index (χ3n) is 2.93. The number of pyridine rings is 1. The molecule has 8 heteroatoms. The maximum Gasteiger partial charge on any atom is 0.263 e. The van der Waals surface area contributed by atoms with Crippen molar-refractivity contribution in [2.45, 2.75) is 30.6 Å². The van der Waals surface area contributed by atoms with Gasteiger partial charge in [0.05, 0.1) is 11.7 Å². The van der Waals surface area contributed by atoms with Gasteiger partial charge in [-0.15, -0.1) is 0 Å². The van der Waals surface area contributed by atoms with E-state index in [0.717, 1.165) is 6.07 Å². The number of rotatable bonds is 3. The molecule has 2 heterocycles. The second-order valence-corrected chi connectivity index (χ2v) is 7.74. The third-order valence-corrected chi connectivity index (χ3v) is 5.40. The molecule has 1 aromatic heterocycles. The summed E-state index contributed by atoms with van der Waals surface area (Å²) in [6.45, 7) is 3.94. The molecule has 0 amide bonds. The van der Waals surface area contributed by atoms with Gasteiger partial charge in [0.1, 0.15) is 0 Å². The molecule has 0 aromatic carbocycles. The van der Waals surface area contributed by atoms with Crippen LogP contribution >= 0.6 is 15.9 Å². The molecule has 1 saturated heterocycles. The van der Waals surface area contributed by atoms with Crippen molar-refractivity contribution < 1.29 is 17.5 Å². The Bertz CT molecular complexity index is 594. The van der Waals surface area contributed by atoms with Crippen LogP contribution in [0.1, 0.15) is 13.8 Å². The molecule has 0 N–H and O–H groups in total. The summed E-state index contributed by atoms with van der Waals surface area (Å²) in [7, 11) is -3.96. The molecular formula is C12H16BrFN2O3S. The number of halogens is 2. The van der Waals surface area contributed by atoms with E-state index in [9.17, 15) is 12.8 Å². The largest absolute Gasteiger partial charge is 0.369 e. The number of hydrogen-bond acceptors (Lipinski definition) is 4. The molecule has 1 aliphatic rings. The van der Waals surface area contributed by atoms with Gasteiger partial charge in [-0.05, 0) is 26.0 Å². The molecule has 0 saturated carbocycles. The quantitative estimate of drug-likeness (QED) is 0.765. The average Bonchev–Trinajstić information content (AvgIpc) is 2.37. The molecule has 0 radical (unpaired) electrons. The van der Waals surface area contributed by atoms with Crippen LogP contribution in [0.3, 0.4) is 0 Å². The fourth-order valence-electron chi connectivity index (χ4n) is 2.19. The number of sulfonamides is 1. The first-order chi connectivity index (χ1) is 9.26. The van der Waals surface area contributed by atoms with E-state index in [4.69, 9.17) is 4.74 Å². The molecule has 0 bridgehead atoms. The zero-order valence-electron chi connectivity index (χ0n) is 11.2. The van der Waals surface area contributed by atoms with Gasteiger partial charge in [0.15, 0.2) is 5.82 Å². The van der Waals surface area contributed by atoms with Crippen molar-refractivity contribution >= 4 is 26.0 Å². The van der Waals surface area contributed by atoms with Crippen molar-refractivity contribution in [3.63, 3.8) is 0 Å². The summed E-state index contributed by atoms with van der Waals surface area (Å²) in [4.78, 5) is 3.67. The van der Waals surface area contributed by atoms with Gasteiger partial charge in [0.25, 0.3) is 10.0 Å². The zero-order chi connectivity index (χ0) is 15.0. The van der Waals surface area contributed by atoms with E-state index in [1.165, 1.54) is 16.6 Å². The smallest absolute Gasteiger partial charge is 0.263 e. The topological polar surface area (TPSA) is 59.5 Å². The van der Waals surface area contributed by atoms with Crippen molar-refractivity contribution in [2.24, 2.45) is 0 Å². The highest BCUT2D eigenvalue weighted by Gasteiger charge is 2.40. The van der Waals surface area contributed by atoms with Crippen LogP contribution in [-0.2, 0) is 14.8 Å². The summed E-state index contributed by atoms with van der Waals surface area (Å²) < 4.78 is 45.7. The number of morpholine rings is 1. The molecule has 0 spiro atoms. The van der Waals surface area contributed by atoms with Crippen molar-refractivity contribution in [1.82, 2.24) is 9.29 Å². The van der Waals surface area contributed by atoms with E-state index < -0.39 is 26.5 Å². The predicted octanol–water partition coefficient (Wildman–Crippen LogP) is 1.78. The van der Waals surface area contributed by atoms with E-state index in [0.29, 0.717) is 5.33 Å². The molecule has 1 fully saturated rings. The Morgan fingerprint density at radius 2 is 2.30 bits per heavy atom. The number of hydrogen-bond donors (Lipinski definition) is 0. The summed E-state index contributed by atoms with van der Waals surface area (Å²) in [5.74, 6) is -0.841. The number of ether oxygens (including phenoxy) is 1. The number of aromatic nitrogens is 1. The first-order valence-electron chi connectivity index (χ1n) is 6.11. The SMILES string of the molecule is CC1(C)CN(S(=O)(=O)c2ncccc2F)CC(CBr)O1. The van der Waals surface area contributed by atoms with Crippen LogP contribution in [0.15, 0.2) is 23.4 Å². The van der Waals surface area contributed by atoms with Crippen LogP contribution in [0, 0.1) is 5.82 Å². The lowest BCUT2D eigenvalue weighted by Crippen LogP contribution is -2.55. The monoisotopic (exact) mass is 366 g/mol. The Morgan fingerprint density at radius 3 is 2.90 bits per heavy atom. The Balaban J connectivity index is 2.36. The second kappa shape index (κ2) is 5.67. The maximum absolute atomic E-state index is 13.7. The van der Waals surface area contributed by atoms with Crippen LogP contribution in [0.25, 0.3) is 0 Å². The van der Waals surface area contributed by atoms with Crippen LogP contribution in [0.5, 0.6) is 0 Å². The van der Waals surface area contributed by atoms with Gasteiger partial charge < -0.3 is 4.74 Å². The summed E-state index contributed by atoms with van der Waals surface area (Å²) in [5, 5.41) is -0.0290. The molecule has 5 nitrogen and oxygen atoms in total. The standard InChI is InChI=1S/C12H16BrFN2O3S/c1-12(2)8-16(7-9(6-13)19-12)20(17,18)11-10(14)4-3-5-15-11/h3-5,9H,6-8H2,1-2H3. The summed E-state index contributed by atoms with van der Waals surface area (Å²) in [5.41, 5.74) is -0.630. The molecule has 1 aromatic rings. The van der Waals surface area contributed by atoms with Crippen LogP contribution in [0.2, 0.25) is 0 Å². The van der Waals surface area contributed by atoms with E-state index >= 15 is 0 Å². The van der Waals surface area contributed by atoms with Crippen LogP contribution in [-0.4, -0.2) is 47.8 Å². The van der Waals surface area contributed by atoms with Crippen molar-refractivity contribution in [3.8, 4) is 0 Å². The first kappa shape index (κ1) is 15.8. The number of alkyl halides is 1. The molecule has 0 aliphatic carbocycles. The van der Waals surface area contributed by atoms with Gasteiger partial charge in [-0.1, -0.05) is 15.9 Å². The number of nitrogens with zero attached hydrogens (tertiary/aromatic N) is 2. The Kier molecular flexibility index (Phi) is 4.48. The predicted molar refractivity (Wildman–Crippen MR) is 75.7 cm³/mol. The van der Waals surface area contributed by atoms with Gasteiger partial charge in [-0.25, -0.2) is 17.8 Å². The van der Waals surface area contributed by atoms with Crippen LogP contribution < -0.4 is 0 Å². The third kappa shape index (κ3) is 3.19. The van der Waals surface area contributed by atoms with Crippen molar-refractivity contribution in [1.29, 1.82) is 0 Å². The normalized spacial score (nSPS) is 23.7. The molecule has 112 valence electrons. The maximum atomic E-state index is 13.7. The summed E-state index contributed by atoms with van der Waals surface area (Å²) >= 11 is 3.29. The van der Waals surface area contributed by atoms with Gasteiger partial charge in [0, 0.05) is 24.6 Å². The average molecular weight is 367 g/mol. The first-order valence-corrected chi connectivity index (χ1v) is 8.67. The van der Waals surface area contributed by atoms with Crippen molar-refractivity contribution in [3.05, 3.63) is 24.1 Å². The minimum Gasteiger partial charge on any atom is -0.369 e. The van der Waals surface area contributed by atoms with E-state index in [-0.39, 0.29) is 19.2 Å². The Hall–Kier alpha value is -0.570. The highest BCUT2D eigenvalue weighted by atomic mass is 79.9. The van der Waals surface area contributed by atoms with E-state index in [1.807, 2.05) is 0 Å².